The number of piperidine rings is 2. The number of aromatic hydroxyl groups is 1. The molecule has 4 amide bonds. The summed E-state index contributed by atoms with van der Waals surface area (Å²) in [5.74, 6) is 0.0194. The molecule has 2 aromatic rings. The first-order chi connectivity index (χ1) is 22.8. The first-order valence-corrected chi connectivity index (χ1v) is 17.9. The number of para-hydroxylation sites is 1. The summed E-state index contributed by atoms with van der Waals surface area (Å²) in [6, 6.07) is 12.0. The molecule has 0 radical (unpaired) electrons. The van der Waals surface area contributed by atoms with Crippen LogP contribution >= 0.6 is 15.9 Å². The fourth-order valence-electron chi connectivity index (χ4n) is 7.50. The summed E-state index contributed by atoms with van der Waals surface area (Å²) in [4.78, 5) is 48.7. The average molecular weight is 712 g/mol. The molecule has 47 heavy (non-hydrogen) atoms. The third-order valence-corrected chi connectivity index (χ3v) is 10.9. The van der Waals surface area contributed by atoms with Crippen molar-refractivity contribution in [2.75, 3.05) is 64.2 Å². The van der Waals surface area contributed by atoms with Crippen LogP contribution in [-0.4, -0.2) is 120 Å². The third-order valence-electron chi connectivity index (χ3n) is 10.3. The topological polar surface area (TPSA) is 118 Å². The lowest BCUT2D eigenvalue weighted by atomic mass is 9.99. The molecule has 4 heterocycles. The quantitative estimate of drug-likeness (QED) is 0.394. The van der Waals surface area contributed by atoms with Crippen molar-refractivity contribution in [3.05, 3.63) is 57.6 Å². The molecule has 254 valence electrons. The van der Waals surface area contributed by atoms with Crippen LogP contribution in [0.15, 0.2) is 40.9 Å². The lowest BCUT2D eigenvalue weighted by molar-refractivity contribution is -0.142. The number of carbonyl (C=O) groups is 3. The van der Waals surface area contributed by atoms with Crippen LogP contribution in [0.2, 0.25) is 0 Å². The molecule has 2 aromatic carbocycles. The average Bonchev–Trinajstić information content (AvgIpc) is 3.27. The number of piperazine rings is 1. The maximum atomic E-state index is 14.0. The minimum absolute atomic E-state index is 0.0181. The number of nitrogens with one attached hydrogen (secondary N) is 2. The zero-order valence-corrected chi connectivity index (χ0v) is 28.8. The molecule has 4 aliphatic heterocycles. The molecule has 3 fully saturated rings. The highest BCUT2D eigenvalue weighted by atomic mass is 79.9. The number of anilines is 1. The van der Waals surface area contributed by atoms with Crippen LogP contribution in [0, 0.1) is 0 Å². The Hall–Kier alpha value is -3.35. The zero-order valence-electron chi connectivity index (χ0n) is 27.3. The Morgan fingerprint density at radius 2 is 1.64 bits per heavy atom. The molecule has 0 aliphatic carbocycles. The summed E-state index contributed by atoms with van der Waals surface area (Å²) >= 11 is 3.45. The number of aryl methyl sites for hydroxylation is 1. The van der Waals surface area contributed by atoms with Crippen molar-refractivity contribution >= 4 is 39.6 Å². The lowest BCUT2D eigenvalue weighted by Gasteiger charge is -2.41. The molecule has 6 rings (SSSR count). The summed E-state index contributed by atoms with van der Waals surface area (Å²) in [6.07, 6.45) is 3.24. The number of urea groups is 1. The molecule has 0 spiro atoms. The van der Waals surface area contributed by atoms with Crippen molar-refractivity contribution in [3.63, 3.8) is 0 Å². The van der Waals surface area contributed by atoms with Gasteiger partial charge in [0.05, 0.1) is 4.47 Å². The molecule has 0 aromatic heterocycles. The van der Waals surface area contributed by atoms with Crippen molar-refractivity contribution in [3.8, 4) is 5.75 Å². The van der Waals surface area contributed by atoms with E-state index in [-0.39, 0.29) is 30.2 Å². The van der Waals surface area contributed by atoms with Crippen LogP contribution in [0.4, 0.5) is 15.3 Å². The van der Waals surface area contributed by atoms with Crippen LogP contribution < -0.4 is 10.6 Å². The number of phenols is 1. The highest BCUT2D eigenvalue weighted by Crippen LogP contribution is 2.31. The molecule has 3 saturated heterocycles. The Morgan fingerprint density at radius 1 is 0.957 bits per heavy atom. The van der Waals surface area contributed by atoms with Crippen molar-refractivity contribution in [2.45, 2.75) is 70.1 Å². The van der Waals surface area contributed by atoms with E-state index >= 15 is 0 Å². The van der Waals surface area contributed by atoms with Gasteiger partial charge in [0, 0.05) is 83.1 Å². The Balaban J connectivity index is 1.10. The van der Waals surface area contributed by atoms with Crippen LogP contribution in [0.5, 0.6) is 5.75 Å². The van der Waals surface area contributed by atoms with E-state index in [4.69, 9.17) is 4.74 Å². The van der Waals surface area contributed by atoms with Gasteiger partial charge in [0.1, 0.15) is 5.75 Å². The van der Waals surface area contributed by atoms with Gasteiger partial charge in [0.15, 0.2) is 6.10 Å². The maximum absolute atomic E-state index is 14.0. The normalized spacial score (nSPS) is 20.7. The fraction of sp³-hybridized carbons (Fsp3) is 0.571. The number of carbonyl (C=O) groups excluding carboxylic acids is 3. The Kier molecular flexibility index (Phi) is 10.9. The Morgan fingerprint density at radius 3 is 2.36 bits per heavy atom. The summed E-state index contributed by atoms with van der Waals surface area (Å²) in [6.45, 7) is 8.80. The number of benzene rings is 2. The minimum Gasteiger partial charge on any atom is -0.506 e. The second-order valence-electron chi connectivity index (χ2n) is 13.1. The van der Waals surface area contributed by atoms with Crippen LogP contribution in [0.1, 0.15) is 49.3 Å². The number of phenolic OH excluding ortho intramolecular Hbond substituents is 1. The molecule has 1 atom stereocenters. The van der Waals surface area contributed by atoms with E-state index in [0.717, 1.165) is 67.8 Å². The Labute approximate surface area is 285 Å². The van der Waals surface area contributed by atoms with E-state index in [1.165, 1.54) is 0 Å². The SMILES string of the molecule is CCc1cc(C[C@@H](OC(=O)N2CCC(N3CCc4ccccc4NC3=O)CC2)C(=O)N2CCC(N3CCNCC3)CC2)cc(Br)c1O. The number of ether oxygens (including phenoxy) is 1. The lowest BCUT2D eigenvalue weighted by Crippen LogP contribution is -2.54. The number of rotatable bonds is 7. The van der Waals surface area contributed by atoms with Crippen molar-refractivity contribution in [1.82, 2.24) is 24.9 Å². The first kappa shape index (κ1) is 33.5. The van der Waals surface area contributed by atoms with Gasteiger partial charge in [-0.05, 0) is 83.3 Å². The van der Waals surface area contributed by atoms with Gasteiger partial charge in [-0.25, -0.2) is 9.59 Å². The highest BCUT2D eigenvalue weighted by molar-refractivity contribution is 9.10. The fourth-order valence-corrected chi connectivity index (χ4v) is 8.04. The van der Waals surface area contributed by atoms with Gasteiger partial charge >= 0.3 is 12.1 Å². The van der Waals surface area contributed by atoms with Crippen molar-refractivity contribution in [1.29, 1.82) is 0 Å². The first-order valence-electron chi connectivity index (χ1n) is 17.2. The second kappa shape index (κ2) is 15.3. The number of hydrogen-bond acceptors (Lipinski definition) is 7. The van der Waals surface area contributed by atoms with E-state index in [1.54, 1.807) is 11.0 Å². The van der Waals surface area contributed by atoms with E-state index in [9.17, 15) is 19.5 Å². The molecule has 0 saturated carbocycles. The molecule has 3 N–H and O–H groups in total. The van der Waals surface area contributed by atoms with Gasteiger partial charge in [-0.2, -0.15) is 0 Å². The Bertz CT molecular complexity index is 1440. The monoisotopic (exact) mass is 710 g/mol. The maximum Gasteiger partial charge on any atom is 0.410 e. The summed E-state index contributed by atoms with van der Waals surface area (Å²) in [5, 5.41) is 16.9. The number of nitrogens with zero attached hydrogens (tertiary/aromatic N) is 4. The van der Waals surface area contributed by atoms with E-state index in [0.29, 0.717) is 62.5 Å². The van der Waals surface area contributed by atoms with Gasteiger partial charge in [-0.1, -0.05) is 31.2 Å². The summed E-state index contributed by atoms with van der Waals surface area (Å²) in [7, 11) is 0. The standard InChI is InChI=1S/C35H47BrN6O5/c1-2-25-21-24(22-29(36)32(25)43)23-31(33(44)40-14-8-27(9-15-40)39-19-12-37-13-20-39)47-35(46)41-16-10-28(11-17-41)42-18-7-26-5-3-4-6-30(26)38-34(42)45/h3-6,21-22,27-28,31,37,43H,2,7-20,23H2,1H3,(H,38,45)/t31-/m1/s1. The van der Waals surface area contributed by atoms with Gasteiger partial charge in [0.25, 0.3) is 5.91 Å². The second-order valence-corrected chi connectivity index (χ2v) is 14.0. The number of likely N-dealkylation sites (tertiary alicyclic amines) is 2. The highest BCUT2D eigenvalue weighted by Gasteiger charge is 2.36. The van der Waals surface area contributed by atoms with Crippen LogP contribution in [-0.2, 0) is 28.8 Å². The van der Waals surface area contributed by atoms with Gasteiger partial charge in [-0.3, -0.25) is 9.69 Å². The van der Waals surface area contributed by atoms with Crippen molar-refractivity contribution in [2.24, 2.45) is 0 Å². The van der Waals surface area contributed by atoms with E-state index < -0.39 is 12.2 Å². The number of halogens is 1. The van der Waals surface area contributed by atoms with Gasteiger partial charge in [-0.15, -0.1) is 0 Å². The van der Waals surface area contributed by atoms with E-state index in [2.05, 4.69) is 31.5 Å². The minimum atomic E-state index is -0.980. The molecule has 0 unspecified atom stereocenters. The predicted octanol–water partition coefficient (Wildman–Crippen LogP) is 4.22. The van der Waals surface area contributed by atoms with E-state index in [1.807, 2.05) is 47.1 Å². The van der Waals surface area contributed by atoms with Crippen LogP contribution in [0.25, 0.3) is 0 Å². The number of fused-ring (bicyclic) bond motifs is 1. The van der Waals surface area contributed by atoms with Gasteiger partial charge in [0.2, 0.25) is 0 Å². The number of hydrogen-bond donors (Lipinski definition) is 3. The van der Waals surface area contributed by atoms with Crippen molar-refractivity contribution < 1.29 is 24.2 Å². The zero-order chi connectivity index (χ0) is 32.9. The smallest absolute Gasteiger partial charge is 0.410 e. The third kappa shape index (κ3) is 7.87. The molecule has 4 aliphatic rings. The molecule has 11 nitrogen and oxygen atoms in total. The molecule has 0 bridgehead atoms. The largest absolute Gasteiger partial charge is 0.506 e. The summed E-state index contributed by atoms with van der Waals surface area (Å²) in [5.41, 5.74) is 3.57. The number of amides is 4. The summed E-state index contributed by atoms with van der Waals surface area (Å²) < 4.78 is 6.63. The molecule has 12 heteroatoms. The molecular formula is C35H47BrN6O5. The molecular weight excluding hydrogens is 664 g/mol. The van der Waals surface area contributed by atoms with Crippen LogP contribution in [0.3, 0.4) is 0 Å². The predicted molar refractivity (Wildman–Crippen MR) is 184 cm³/mol. The van der Waals surface area contributed by atoms with Gasteiger partial charge < -0.3 is 35.2 Å².